The first-order chi connectivity index (χ1) is 7.54. The molecule has 1 aliphatic carbocycles. The number of halogens is 2. The molecule has 3 N–H and O–H groups in total. The lowest BCUT2D eigenvalue weighted by Crippen LogP contribution is -2.39. The Kier molecular flexibility index (Phi) is 2.84. The highest BCUT2D eigenvalue weighted by Crippen LogP contribution is 2.38. The van der Waals surface area contributed by atoms with Crippen LogP contribution < -0.4 is 5.73 Å². The van der Waals surface area contributed by atoms with E-state index in [1.54, 1.807) is 0 Å². The number of benzene rings is 1. The third kappa shape index (κ3) is 1.78. The summed E-state index contributed by atoms with van der Waals surface area (Å²) in [6.07, 6.45) is 4.32. The zero-order valence-corrected chi connectivity index (χ0v) is 8.97. The number of hydrogen-bond donors (Lipinski definition) is 2. The van der Waals surface area contributed by atoms with Gasteiger partial charge in [0.1, 0.15) is 0 Å². The van der Waals surface area contributed by atoms with E-state index in [0.717, 1.165) is 25.3 Å². The van der Waals surface area contributed by atoms with E-state index >= 15 is 0 Å². The minimum absolute atomic E-state index is 0.228. The van der Waals surface area contributed by atoms with E-state index in [9.17, 15) is 13.9 Å². The van der Waals surface area contributed by atoms with E-state index in [-0.39, 0.29) is 5.56 Å². The molecule has 16 heavy (non-hydrogen) atoms. The summed E-state index contributed by atoms with van der Waals surface area (Å²) >= 11 is 0. The highest BCUT2D eigenvalue weighted by atomic mass is 19.1. The van der Waals surface area contributed by atoms with E-state index in [0.29, 0.717) is 12.8 Å². The molecule has 0 bridgehead atoms. The smallest absolute Gasteiger partial charge is 0.188 e. The van der Waals surface area contributed by atoms with Crippen molar-refractivity contribution in [2.75, 3.05) is 0 Å². The largest absolute Gasteiger partial charge is 0.503 e. The van der Waals surface area contributed by atoms with Crippen molar-refractivity contribution in [2.45, 2.75) is 37.6 Å². The standard InChI is InChI=1S/C12H15F2NO/c13-9-5-4-8(10(14)11(9)16)12(15)6-2-1-3-7-12/h4-5,16H,1-3,6-7,15H2. The first-order valence-electron chi connectivity index (χ1n) is 5.51. The van der Waals surface area contributed by atoms with E-state index < -0.39 is 22.9 Å². The summed E-state index contributed by atoms with van der Waals surface area (Å²) in [6, 6.07) is 2.41. The maximum Gasteiger partial charge on any atom is 0.188 e. The van der Waals surface area contributed by atoms with Crippen LogP contribution in [0.3, 0.4) is 0 Å². The Morgan fingerprint density at radius 3 is 2.38 bits per heavy atom. The van der Waals surface area contributed by atoms with Gasteiger partial charge < -0.3 is 10.8 Å². The Labute approximate surface area is 93.1 Å². The summed E-state index contributed by atoms with van der Waals surface area (Å²) in [4.78, 5) is 0. The van der Waals surface area contributed by atoms with Crippen LogP contribution in [0.15, 0.2) is 12.1 Å². The van der Waals surface area contributed by atoms with Crippen molar-refractivity contribution in [2.24, 2.45) is 5.73 Å². The van der Waals surface area contributed by atoms with E-state index in [4.69, 9.17) is 5.73 Å². The third-order valence-electron chi connectivity index (χ3n) is 3.35. The molecule has 1 fully saturated rings. The number of phenolic OH excluding ortho intramolecular Hbond substituents is 1. The summed E-state index contributed by atoms with van der Waals surface area (Å²) in [6.45, 7) is 0. The minimum atomic E-state index is -0.944. The molecular weight excluding hydrogens is 212 g/mol. The van der Waals surface area contributed by atoms with Crippen molar-refractivity contribution in [3.63, 3.8) is 0 Å². The first kappa shape index (κ1) is 11.3. The van der Waals surface area contributed by atoms with Gasteiger partial charge in [0.25, 0.3) is 0 Å². The lowest BCUT2D eigenvalue weighted by atomic mass is 9.77. The average molecular weight is 227 g/mol. The number of hydrogen-bond acceptors (Lipinski definition) is 2. The van der Waals surface area contributed by atoms with Crippen LogP contribution >= 0.6 is 0 Å². The highest BCUT2D eigenvalue weighted by molar-refractivity contribution is 5.36. The first-order valence-corrected chi connectivity index (χ1v) is 5.51. The summed E-state index contributed by atoms with van der Waals surface area (Å²) < 4.78 is 26.6. The predicted octanol–water partition coefficient (Wildman–Crippen LogP) is 2.79. The normalized spacial score (nSPS) is 19.7. The molecule has 0 amide bonds. The molecule has 2 nitrogen and oxygen atoms in total. The van der Waals surface area contributed by atoms with Crippen LogP contribution in [0.5, 0.6) is 5.75 Å². The van der Waals surface area contributed by atoms with Gasteiger partial charge in [-0.05, 0) is 18.9 Å². The molecule has 0 atom stereocenters. The molecule has 1 saturated carbocycles. The molecule has 0 saturated heterocycles. The SMILES string of the molecule is NC1(c2ccc(F)c(O)c2F)CCCCC1. The van der Waals surface area contributed by atoms with Gasteiger partial charge in [-0.25, -0.2) is 8.78 Å². The molecule has 1 aliphatic rings. The molecule has 88 valence electrons. The van der Waals surface area contributed by atoms with Gasteiger partial charge in [-0.15, -0.1) is 0 Å². The molecular formula is C12H15F2NO. The number of nitrogens with two attached hydrogens (primary N) is 1. The molecule has 0 unspecified atom stereocenters. The summed E-state index contributed by atoms with van der Waals surface area (Å²) in [5.74, 6) is -2.78. The van der Waals surface area contributed by atoms with Crippen molar-refractivity contribution in [3.8, 4) is 5.75 Å². The highest BCUT2D eigenvalue weighted by Gasteiger charge is 2.33. The van der Waals surface area contributed by atoms with Gasteiger partial charge in [-0.2, -0.15) is 0 Å². The second-order valence-corrected chi connectivity index (χ2v) is 4.47. The van der Waals surface area contributed by atoms with Gasteiger partial charge in [0, 0.05) is 11.1 Å². The molecule has 0 aromatic heterocycles. The second kappa shape index (κ2) is 4.01. The van der Waals surface area contributed by atoms with Gasteiger partial charge >= 0.3 is 0 Å². The molecule has 2 rings (SSSR count). The van der Waals surface area contributed by atoms with Crippen LogP contribution in [0.25, 0.3) is 0 Å². The van der Waals surface area contributed by atoms with Gasteiger partial charge in [0.2, 0.25) is 0 Å². The van der Waals surface area contributed by atoms with Crippen LogP contribution in [0.4, 0.5) is 8.78 Å². The monoisotopic (exact) mass is 227 g/mol. The fraction of sp³-hybridized carbons (Fsp3) is 0.500. The lowest BCUT2D eigenvalue weighted by Gasteiger charge is -2.34. The molecule has 0 heterocycles. The van der Waals surface area contributed by atoms with Crippen molar-refractivity contribution in [1.82, 2.24) is 0 Å². The van der Waals surface area contributed by atoms with Crippen molar-refractivity contribution in [3.05, 3.63) is 29.3 Å². The van der Waals surface area contributed by atoms with Crippen LogP contribution in [0.2, 0.25) is 0 Å². The van der Waals surface area contributed by atoms with Crippen molar-refractivity contribution in [1.29, 1.82) is 0 Å². The van der Waals surface area contributed by atoms with E-state index in [1.807, 2.05) is 0 Å². The van der Waals surface area contributed by atoms with Crippen molar-refractivity contribution >= 4 is 0 Å². The quantitative estimate of drug-likeness (QED) is 0.775. The zero-order chi connectivity index (χ0) is 11.8. The van der Waals surface area contributed by atoms with Gasteiger partial charge in [-0.3, -0.25) is 0 Å². The van der Waals surface area contributed by atoms with Crippen molar-refractivity contribution < 1.29 is 13.9 Å². The Morgan fingerprint density at radius 1 is 1.12 bits per heavy atom. The van der Waals surface area contributed by atoms with Crippen LogP contribution in [0, 0.1) is 11.6 Å². The Hall–Kier alpha value is -1.16. The van der Waals surface area contributed by atoms with Crippen LogP contribution in [-0.2, 0) is 5.54 Å². The Morgan fingerprint density at radius 2 is 1.75 bits per heavy atom. The topological polar surface area (TPSA) is 46.2 Å². The summed E-state index contributed by atoms with van der Waals surface area (Å²) in [5.41, 5.74) is 5.60. The summed E-state index contributed by atoms with van der Waals surface area (Å²) in [7, 11) is 0. The minimum Gasteiger partial charge on any atom is -0.503 e. The predicted molar refractivity (Wildman–Crippen MR) is 57.0 cm³/mol. The molecule has 1 aromatic rings. The van der Waals surface area contributed by atoms with Crippen LogP contribution in [0.1, 0.15) is 37.7 Å². The number of phenols is 1. The molecule has 1 aromatic carbocycles. The number of rotatable bonds is 1. The van der Waals surface area contributed by atoms with E-state index in [2.05, 4.69) is 0 Å². The van der Waals surface area contributed by atoms with Gasteiger partial charge in [0.15, 0.2) is 17.4 Å². The Balaban J connectivity index is 2.43. The number of aromatic hydroxyl groups is 1. The molecule has 0 radical (unpaired) electrons. The second-order valence-electron chi connectivity index (χ2n) is 4.47. The zero-order valence-electron chi connectivity index (χ0n) is 8.97. The van der Waals surface area contributed by atoms with Gasteiger partial charge in [0.05, 0.1) is 0 Å². The average Bonchev–Trinajstić information content (AvgIpc) is 2.27. The van der Waals surface area contributed by atoms with Crippen LogP contribution in [-0.4, -0.2) is 5.11 Å². The fourth-order valence-corrected chi connectivity index (χ4v) is 2.38. The lowest BCUT2D eigenvalue weighted by molar-refractivity contribution is 0.286. The Bertz CT molecular complexity index is 400. The fourth-order valence-electron chi connectivity index (χ4n) is 2.38. The maximum atomic E-state index is 13.7. The summed E-state index contributed by atoms with van der Waals surface area (Å²) in [5, 5.41) is 9.23. The molecule has 0 aliphatic heterocycles. The molecule has 0 spiro atoms. The molecule has 4 heteroatoms. The third-order valence-corrected chi connectivity index (χ3v) is 3.35. The van der Waals surface area contributed by atoms with E-state index in [1.165, 1.54) is 6.07 Å². The van der Waals surface area contributed by atoms with Gasteiger partial charge in [-0.1, -0.05) is 25.3 Å². The maximum absolute atomic E-state index is 13.7.